The maximum absolute atomic E-state index is 12.1. The number of imide groups is 1. The SMILES string of the molecule is O=C1c2ccccc2C(=O)N1/N=C\c1ccc(Cl)c(Cl)c1. The van der Waals surface area contributed by atoms with Crippen molar-refractivity contribution < 1.29 is 9.59 Å². The molecule has 0 spiro atoms. The first-order chi connectivity index (χ1) is 10.1. The van der Waals surface area contributed by atoms with E-state index in [-0.39, 0.29) is 0 Å². The fourth-order valence-electron chi connectivity index (χ4n) is 2.00. The standard InChI is InChI=1S/C15H8Cl2N2O2/c16-12-6-5-9(7-13(12)17)8-18-19-14(20)10-3-1-2-4-11(10)15(19)21/h1-8H/b18-8-. The Morgan fingerprint density at radius 1 is 0.905 bits per heavy atom. The molecule has 0 saturated heterocycles. The number of hydrazone groups is 1. The summed E-state index contributed by atoms with van der Waals surface area (Å²) in [7, 11) is 0. The third kappa shape index (κ3) is 2.44. The first-order valence-corrected chi connectivity index (χ1v) is 6.80. The fourth-order valence-corrected chi connectivity index (χ4v) is 2.31. The van der Waals surface area contributed by atoms with Gasteiger partial charge >= 0.3 is 0 Å². The van der Waals surface area contributed by atoms with Gasteiger partial charge in [-0.15, -0.1) is 0 Å². The van der Waals surface area contributed by atoms with Crippen molar-refractivity contribution in [2.75, 3.05) is 0 Å². The third-order valence-electron chi connectivity index (χ3n) is 3.04. The number of carbonyl (C=O) groups is 2. The molecule has 2 aromatic rings. The molecule has 3 rings (SSSR count). The summed E-state index contributed by atoms with van der Waals surface area (Å²) in [6.07, 6.45) is 1.39. The van der Waals surface area contributed by atoms with E-state index in [4.69, 9.17) is 23.2 Å². The molecule has 0 radical (unpaired) electrons. The zero-order valence-electron chi connectivity index (χ0n) is 10.6. The molecule has 0 saturated carbocycles. The van der Waals surface area contributed by atoms with Gasteiger partial charge in [-0.3, -0.25) is 9.59 Å². The number of carbonyl (C=O) groups excluding carboxylic acids is 2. The van der Waals surface area contributed by atoms with E-state index in [9.17, 15) is 9.59 Å². The number of fused-ring (bicyclic) bond motifs is 1. The van der Waals surface area contributed by atoms with E-state index in [1.807, 2.05) is 0 Å². The average Bonchev–Trinajstić information content (AvgIpc) is 2.73. The Bertz CT molecular complexity index is 752. The van der Waals surface area contributed by atoms with Gasteiger partial charge in [-0.2, -0.15) is 10.1 Å². The number of amides is 2. The van der Waals surface area contributed by atoms with Crippen molar-refractivity contribution in [3.63, 3.8) is 0 Å². The lowest BCUT2D eigenvalue weighted by molar-refractivity contribution is 0.0660. The Morgan fingerprint density at radius 2 is 1.52 bits per heavy atom. The third-order valence-corrected chi connectivity index (χ3v) is 3.78. The predicted molar refractivity (Wildman–Crippen MR) is 81.0 cm³/mol. The van der Waals surface area contributed by atoms with Crippen molar-refractivity contribution in [3.8, 4) is 0 Å². The molecule has 2 amide bonds. The number of hydrogen-bond acceptors (Lipinski definition) is 3. The minimum Gasteiger partial charge on any atom is -0.267 e. The number of nitrogens with zero attached hydrogens (tertiary/aromatic N) is 2. The van der Waals surface area contributed by atoms with E-state index in [0.717, 1.165) is 5.01 Å². The first-order valence-electron chi connectivity index (χ1n) is 6.05. The van der Waals surface area contributed by atoms with Crippen molar-refractivity contribution in [1.29, 1.82) is 0 Å². The van der Waals surface area contributed by atoms with Crippen LogP contribution in [0.15, 0.2) is 47.6 Å². The maximum atomic E-state index is 12.1. The summed E-state index contributed by atoms with van der Waals surface area (Å²) in [5.41, 5.74) is 1.35. The summed E-state index contributed by atoms with van der Waals surface area (Å²) in [6, 6.07) is 11.5. The Labute approximate surface area is 130 Å². The van der Waals surface area contributed by atoms with Crippen LogP contribution in [0.1, 0.15) is 26.3 Å². The van der Waals surface area contributed by atoms with Gasteiger partial charge in [0.05, 0.1) is 27.4 Å². The molecule has 0 fully saturated rings. The summed E-state index contributed by atoms with van der Waals surface area (Å²) in [5, 5.41) is 5.59. The van der Waals surface area contributed by atoms with E-state index in [0.29, 0.717) is 26.7 Å². The van der Waals surface area contributed by atoms with Gasteiger partial charge in [0, 0.05) is 0 Å². The zero-order chi connectivity index (χ0) is 15.0. The summed E-state index contributed by atoms with van der Waals surface area (Å²) < 4.78 is 0. The average molecular weight is 319 g/mol. The number of hydrogen-bond donors (Lipinski definition) is 0. The molecule has 0 bridgehead atoms. The number of rotatable bonds is 2. The van der Waals surface area contributed by atoms with Crippen molar-refractivity contribution in [1.82, 2.24) is 5.01 Å². The highest BCUT2D eigenvalue weighted by molar-refractivity contribution is 6.42. The van der Waals surface area contributed by atoms with Gasteiger partial charge in [0.2, 0.25) is 0 Å². The van der Waals surface area contributed by atoms with Crippen molar-refractivity contribution >= 4 is 41.2 Å². The Balaban J connectivity index is 1.89. The topological polar surface area (TPSA) is 49.7 Å². The molecule has 104 valence electrons. The molecule has 0 aromatic heterocycles. The van der Waals surface area contributed by atoms with Gasteiger partial charge < -0.3 is 0 Å². The molecule has 0 aliphatic carbocycles. The van der Waals surface area contributed by atoms with Gasteiger partial charge in [-0.05, 0) is 29.8 Å². The van der Waals surface area contributed by atoms with Gasteiger partial charge in [-0.25, -0.2) is 0 Å². The lowest BCUT2D eigenvalue weighted by Crippen LogP contribution is -2.23. The molecule has 6 heteroatoms. The van der Waals surface area contributed by atoms with Crippen LogP contribution in [-0.4, -0.2) is 23.0 Å². The van der Waals surface area contributed by atoms with E-state index in [1.165, 1.54) is 6.21 Å². The van der Waals surface area contributed by atoms with E-state index in [1.54, 1.807) is 42.5 Å². The molecular weight excluding hydrogens is 311 g/mol. The zero-order valence-corrected chi connectivity index (χ0v) is 12.1. The molecule has 21 heavy (non-hydrogen) atoms. The number of halogens is 2. The molecule has 0 N–H and O–H groups in total. The lowest BCUT2D eigenvalue weighted by atomic mass is 10.1. The highest BCUT2D eigenvalue weighted by Crippen LogP contribution is 2.24. The van der Waals surface area contributed by atoms with Gasteiger partial charge in [0.25, 0.3) is 11.8 Å². The minimum absolute atomic E-state index is 0.355. The van der Waals surface area contributed by atoms with Crippen LogP contribution in [0.4, 0.5) is 0 Å². The van der Waals surface area contributed by atoms with Crippen LogP contribution in [0.25, 0.3) is 0 Å². The number of benzene rings is 2. The quantitative estimate of drug-likeness (QED) is 0.627. The largest absolute Gasteiger partial charge is 0.282 e. The molecule has 1 heterocycles. The van der Waals surface area contributed by atoms with E-state index >= 15 is 0 Å². The molecule has 2 aromatic carbocycles. The summed E-state index contributed by atoms with van der Waals surface area (Å²) >= 11 is 11.7. The normalized spacial score (nSPS) is 14.1. The van der Waals surface area contributed by atoms with Crippen LogP contribution in [-0.2, 0) is 0 Å². The Hall–Kier alpha value is -2.17. The second-order valence-electron chi connectivity index (χ2n) is 4.39. The molecule has 0 unspecified atom stereocenters. The van der Waals surface area contributed by atoms with Crippen molar-refractivity contribution in [2.24, 2.45) is 5.10 Å². The van der Waals surface area contributed by atoms with Gasteiger partial charge in [0.15, 0.2) is 0 Å². The lowest BCUT2D eigenvalue weighted by Gasteiger charge is -2.05. The van der Waals surface area contributed by atoms with Crippen molar-refractivity contribution in [2.45, 2.75) is 0 Å². The molecular formula is C15H8Cl2N2O2. The Morgan fingerprint density at radius 3 is 2.10 bits per heavy atom. The highest BCUT2D eigenvalue weighted by atomic mass is 35.5. The monoisotopic (exact) mass is 318 g/mol. The van der Waals surface area contributed by atoms with Crippen molar-refractivity contribution in [3.05, 3.63) is 69.2 Å². The second kappa shape index (κ2) is 5.31. The van der Waals surface area contributed by atoms with Crippen LogP contribution in [0.2, 0.25) is 10.0 Å². The van der Waals surface area contributed by atoms with Crippen LogP contribution < -0.4 is 0 Å². The molecule has 0 atom stereocenters. The van der Waals surface area contributed by atoms with Gasteiger partial charge in [0.1, 0.15) is 0 Å². The highest BCUT2D eigenvalue weighted by Gasteiger charge is 2.35. The molecule has 4 nitrogen and oxygen atoms in total. The smallest absolute Gasteiger partial charge is 0.267 e. The summed E-state index contributed by atoms with van der Waals surface area (Å²) in [5.74, 6) is -0.876. The first kappa shape index (κ1) is 13.8. The van der Waals surface area contributed by atoms with Crippen LogP contribution in [0.3, 0.4) is 0 Å². The van der Waals surface area contributed by atoms with E-state index in [2.05, 4.69) is 5.10 Å². The van der Waals surface area contributed by atoms with Crippen LogP contribution >= 0.6 is 23.2 Å². The van der Waals surface area contributed by atoms with Crippen LogP contribution in [0.5, 0.6) is 0 Å². The van der Waals surface area contributed by atoms with Gasteiger partial charge in [-0.1, -0.05) is 41.4 Å². The minimum atomic E-state index is -0.438. The second-order valence-corrected chi connectivity index (χ2v) is 5.20. The molecule has 1 aliphatic rings. The maximum Gasteiger partial charge on any atom is 0.282 e. The van der Waals surface area contributed by atoms with E-state index < -0.39 is 11.8 Å². The Kier molecular flexibility index (Phi) is 3.49. The van der Waals surface area contributed by atoms with Crippen LogP contribution in [0, 0.1) is 0 Å². The fraction of sp³-hybridized carbons (Fsp3) is 0. The summed E-state index contributed by atoms with van der Waals surface area (Å²) in [6.45, 7) is 0. The predicted octanol–water partition coefficient (Wildman–Crippen LogP) is 3.62. The summed E-state index contributed by atoms with van der Waals surface area (Å²) in [4.78, 5) is 24.2. The molecule has 1 aliphatic heterocycles.